The van der Waals surface area contributed by atoms with Crippen LogP contribution in [0.25, 0.3) is 0 Å². The van der Waals surface area contributed by atoms with Gasteiger partial charge < -0.3 is 8.37 Å². The van der Waals surface area contributed by atoms with Gasteiger partial charge in [-0.3, -0.25) is 0 Å². The monoisotopic (exact) mass is 360 g/mol. The van der Waals surface area contributed by atoms with E-state index in [1.54, 1.807) is 24.3 Å². The molecule has 0 atom stereocenters. The Balaban J connectivity index is 2.01. The maximum absolute atomic E-state index is 11.9. The molecule has 0 aliphatic carbocycles. The third kappa shape index (κ3) is 6.04. The summed E-state index contributed by atoms with van der Waals surface area (Å²) in [4.78, 5) is 26.9. The number of benzene rings is 2. The van der Waals surface area contributed by atoms with Gasteiger partial charge in [0.25, 0.3) is 0 Å². The van der Waals surface area contributed by atoms with Gasteiger partial charge in [-0.2, -0.15) is 0 Å². The fourth-order valence-corrected chi connectivity index (χ4v) is 2.53. The van der Waals surface area contributed by atoms with E-state index in [1.807, 2.05) is 0 Å². The summed E-state index contributed by atoms with van der Waals surface area (Å²) in [5.74, 6) is 0.103. The quantitative estimate of drug-likeness (QED) is 0.526. The molecule has 2 aromatic carbocycles. The van der Waals surface area contributed by atoms with E-state index in [2.05, 4.69) is 9.98 Å². The van der Waals surface area contributed by atoms with Crippen molar-refractivity contribution < 1.29 is 26.4 Å². The van der Waals surface area contributed by atoms with Crippen molar-refractivity contribution in [1.29, 1.82) is 0 Å². The molecule has 0 amide bonds. The maximum Gasteiger partial charge on any atom is 0.500 e. The first kappa shape index (κ1) is 18.1. The number of carbonyl (C=O) groups excluding carboxylic acids is 2. The molecule has 9 heteroatoms. The lowest BCUT2D eigenvalue weighted by molar-refractivity contribution is 0.392. The minimum absolute atomic E-state index is 0.0516. The summed E-state index contributed by atoms with van der Waals surface area (Å²) in [5, 5.41) is 0. The highest BCUT2D eigenvalue weighted by molar-refractivity contribution is 7.82. The zero-order chi connectivity index (χ0) is 18.1. The molecule has 0 spiro atoms. The third-order valence-corrected chi connectivity index (χ3v) is 3.69. The molecular weight excluding hydrogens is 348 g/mol. The van der Waals surface area contributed by atoms with Crippen molar-refractivity contribution in [3.63, 3.8) is 0 Å². The van der Waals surface area contributed by atoms with Crippen LogP contribution in [0.1, 0.15) is 11.1 Å². The number of rotatable bonds is 8. The molecule has 0 aliphatic heterocycles. The molecule has 0 unspecified atom stereocenters. The highest BCUT2D eigenvalue weighted by atomic mass is 32.3. The summed E-state index contributed by atoms with van der Waals surface area (Å²) in [6, 6.07) is 11.9. The molecule has 128 valence electrons. The minimum atomic E-state index is -4.32. The van der Waals surface area contributed by atoms with Crippen LogP contribution in [-0.4, -0.2) is 20.6 Å². The molecule has 0 radical (unpaired) electrons. The van der Waals surface area contributed by atoms with Crippen LogP contribution < -0.4 is 8.37 Å². The molecule has 0 heterocycles. The third-order valence-electron chi connectivity index (χ3n) is 2.90. The Kier molecular flexibility index (Phi) is 6.20. The molecule has 0 bridgehead atoms. The van der Waals surface area contributed by atoms with E-state index >= 15 is 0 Å². The van der Waals surface area contributed by atoms with Gasteiger partial charge in [-0.15, -0.1) is 8.42 Å². The van der Waals surface area contributed by atoms with Gasteiger partial charge in [-0.05, 0) is 35.4 Å². The normalized spacial score (nSPS) is 10.2. The Hall–Kier alpha value is -3.25. The highest BCUT2D eigenvalue weighted by Crippen LogP contribution is 2.19. The van der Waals surface area contributed by atoms with Gasteiger partial charge in [0.2, 0.25) is 12.2 Å². The fourth-order valence-electron chi connectivity index (χ4n) is 1.80. The summed E-state index contributed by atoms with van der Waals surface area (Å²) in [6.45, 7) is 0.293. The van der Waals surface area contributed by atoms with E-state index in [1.165, 1.54) is 36.4 Å². The number of hydrogen-bond donors (Lipinski definition) is 0. The lowest BCUT2D eigenvalue weighted by Crippen LogP contribution is -2.16. The topological polar surface area (TPSA) is 111 Å². The van der Waals surface area contributed by atoms with E-state index in [0.717, 1.165) is 0 Å². The smallest absolute Gasteiger partial charge is 0.353 e. The number of aliphatic imine (C=N–C) groups is 2. The second-order valence-corrected chi connectivity index (χ2v) is 5.83. The Morgan fingerprint density at radius 2 is 1.08 bits per heavy atom. The van der Waals surface area contributed by atoms with Crippen molar-refractivity contribution in [2.24, 2.45) is 9.98 Å². The van der Waals surface area contributed by atoms with E-state index in [0.29, 0.717) is 11.1 Å². The van der Waals surface area contributed by atoms with E-state index < -0.39 is 10.4 Å². The van der Waals surface area contributed by atoms with Gasteiger partial charge in [0.15, 0.2) is 0 Å². The van der Waals surface area contributed by atoms with Gasteiger partial charge in [0.1, 0.15) is 11.5 Å². The number of nitrogens with zero attached hydrogens (tertiary/aromatic N) is 2. The van der Waals surface area contributed by atoms with Crippen molar-refractivity contribution in [2.45, 2.75) is 13.1 Å². The van der Waals surface area contributed by atoms with Crippen molar-refractivity contribution in [1.82, 2.24) is 0 Å². The molecular formula is C16H12N2O6S. The average molecular weight is 360 g/mol. The molecule has 0 saturated carbocycles. The van der Waals surface area contributed by atoms with Crippen molar-refractivity contribution in [2.75, 3.05) is 0 Å². The lowest BCUT2D eigenvalue weighted by Gasteiger charge is -2.08. The van der Waals surface area contributed by atoms with Crippen LogP contribution >= 0.6 is 0 Å². The van der Waals surface area contributed by atoms with Crippen LogP contribution in [0.4, 0.5) is 0 Å². The molecule has 0 aliphatic rings. The van der Waals surface area contributed by atoms with Crippen molar-refractivity contribution >= 4 is 22.6 Å². The standard InChI is InChI=1S/C16H12N2O6S/c19-11-17-9-13-1-5-15(6-2-13)23-25(21,22)24-16-7-3-14(4-8-16)10-18-12-20/h1-8H,9-10H2. The Bertz CT molecular complexity index is 839. The molecule has 0 aromatic heterocycles. The van der Waals surface area contributed by atoms with Crippen LogP contribution in [0.2, 0.25) is 0 Å². The first-order chi connectivity index (χ1) is 12.0. The summed E-state index contributed by atoms with van der Waals surface area (Å²) >= 11 is 0. The largest absolute Gasteiger partial charge is 0.500 e. The minimum Gasteiger partial charge on any atom is -0.353 e. The molecule has 0 fully saturated rings. The average Bonchev–Trinajstić information content (AvgIpc) is 2.60. The van der Waals surface area contributed by atoms with Crippen LogP contribution in [0.5, 0.6) is 11.5 Å². The SMILES string of the molecule is O=C=NCc1ccc(OS(=O)(=O)Oc2ccc(CN=C=O)cc2)cc1. The first-order valence-corrected chi connectivity index (χ1v) is 8.25. The Morgan fingerprint density at radius 1 is 0.720 bits per heavy atom. The van der Waals surface area contributed by atoms with Crippen LogP contribution in [0, 0.1) is 0 Å². The highest BCUT2D eigenvalue weighted by Gasteiger charge is 2.15. The zero-order valence-electron chi connectivity index (χ0n) is 12.8. The summed E-state index contributed by atoms with van der Waals surface area (Å²) in [5.41, 5.74) is 1.39. The van der Waals surface area contributed by atoms with Crippen LogP contribution in [-0.2, 0) is 33.1 Å². The second-order valence-electron chi connectivity index (χ2n) is 4.68. The van der Waals surface area contributed by atoms with Gasteiger partial charge >= 0.3 is 10.4 Å². The summed E-state index contributed by atoms with van der Waals surface area (Å²) < 4.78 is 33.5. The first-order valence-electron chi connectivity index (χ1n) is 6.91. The maximum atomic E-state index is 11.9. The summed E-state index contributed by atoms with van der Waals surface area (Å²) in [7, 11) is -4.32. The molecule has 2 aromatic rings. The van der Waals surface area contributed by atoms with Crippen molar-refractivity contribution in [3.8, 4) is 11.5 Å². The number of isocyanates is 2. The fraction of sp³-hybridized carbons (Fsp3) is 0.125. The van der Waals surface area contributed by atoms with E-state index in [9.17, 15) is 18.0 Å². The van der Waals surface area contributed by atoms with E-state index in [-0.39, 0.29) is 24.6 Å². The molecule has 2 rings (SSSR count). The van der Waals surface area contributed by atoms with Gasteiger partial charge in [0, 0.05) is 0 Å². The number of hydrogen-bond acceptors (Lipinski definition) is 8. The molecule has 25 heavy (non-hydrogen) atoms. The zero-order valence-corrected chi connectivity index (χ0v) is 13.6. The van der Waals surface area contributed by atoms with Crippen LogP contribution in [0.15, 0.2) is 58.5 Å². The van der Waals surface area contributed by atoms with Gasteiger partial charge in [-0.25, -0.2) is 19.6 Å². The Morgan fingerprint density at radius 3 is 1.40 bits per heavy atom. The van der Waals surface area contributed by atoms with Gasteiger partial charge in [-0.1, -0.05) is 24.3 Å². The Labute approximate surface area is 143 Å². The van der Waals surface area contributed by atoms with Crippen LogP contribution in [0.3, 0.4) is 0 Å². The predicted molar refractivity (Wildman–Crippen MR) is 86.7 cm³/mol. The lowest BCUT2D eigenvalue weighted by atomic mass is 10.2. The molecule has 8 nitrogen and oxygen atoms in total. The van der Waals surface area contributed by atoms with Crippen molar-refractivity contribution in [3.05, 3.63) is 59.7 Å². The molecule has 0 saturated heterocycles. The van der Waals surface area contributed by atoms with Gasteiger partial charge in [0.05, 0.1) is 13.1 Å². The predicted octanol–water partition coefficient (Wildman–Crippen LogP) is 2.06. The summed E-state index contributed by atoms with van der Waals surface area (Å²) in [6.07, 6.45) is 2.83. The molecule has 0 N–H and O–H groups in total. The van der Waals surface area contributed by atoms with E-state index in [4.69, 9.17) is 8.37 Å². The second kappa shape index (κ2) is 8.56.